The quantitative estimate of drug-likeness (QED) is 0.214. The highest BCUT2D eigenvalue weighted by atomic mass is 16.3. The van der Waals surface area contributed by atoms with Crippen LogP contribution in [0.25, 0.3) is 83.3 Å². The van der Waals surface area contributed by atoms with Crippen LogP contribution in [0.1, 0.15) is 0 Å². The highest BCUT2D eigenvalue weighted by molar-refractivity contribution is 6.10. The SMILES string of the molecule is c1ccc(-c2cc(-c3ccccc3)nc(-n3c4ccccc4c4ccc(-c5ccc6c(c5)oc5ccccc56)cc43)n2)cc1. The summed E-state index contributed by atoms with van der Waals surface area (Å²) in [6.45, 7) is 0. The fraction of sp³-hybridized carbons (Fsp3) is 0. The van der Waals surface area contributed by atoms with Gasteiger partial charge in [-0.1, -0.05) is 115 Å². The molecule has 0 atom stereocenters. The molecule has 4 heteroatoms. The van der Waals surface area contributed by atoms with Gasteiger partial charge >= 0.3 is 0 Å². The Hall–Kier alpha value is -6.00. The molecule has 0 aliphatic carbocycles. The van der Waals surface area contributed by atoms with Gasteiger partial charge in [0.2, 0.25) is 5.95 Å². The van der Waals surface area contributed by atoms with Gasteiger partial charge in [-0.05, 0) is 47.5 Å². The van der Waals surface area contributed by atoms with Gasteiger partial charge in [-0.3, -0.25) is 4.57 Å². The van der Waals surface area contributed by atoms with Crippen LogP contribution in [0, 0.1) is 0 Å². The molecular formula is C40H25N3O. The number of fused-ring (bicyclic) bond motifs is 6. The lowest BCUT2D eigenvalue weighted by Gasteiger charge is -2.12. The zero-order valence-corrected chi connectivity index (χ0v) is 23.7. The van der Waals surface area contributed by atoms with Gasteiger partial charge in [0.1, 0.15) is 11.2 Å². The Morgan fingerprint density at radius 2 is 0.932 bits per heavy atom. The number of benzene rings is 6. The van der Waals surface area contributed by atoms with Crippen LogP contribution in [0.3, 0.4) is 0 Å². The first-order chi connectivity index (χ1) is 21.8. The highest BCUT2D eigenvalue weighted by Gasteiger charge is 2.18. The van der Waals surface area contributed by atoms with E-state index in [-0.39, 0.29) is 0 Å². The first kappa shape index (κ1) is 24.6. The summed E-state index contributed by atoms with van der Waals surface area (Å²) in [5.41, 5.74) is 9.97. The number of furan rings is 1. The van der Waals surface area contributed by atoms with Crippen LogP contribution in [0.4, 0.5) is 0 Å². The molecule has 0 fully saturated rings. The van der Waals surface area contributed by atoms with E-state index in [2.05, 4.69) is 108 Å². The molecule has 3 heterocycles. The van der Waals surface area contributed by atoms with Crippen LogP contribution in [0.2, 0.25) is 0 Å². The number of nitrogens with zero attached hydrogens (tertiary/aromatic N) is 3. The van der Waals surface area contributed by atoms with E-state index < -0.39 is 0 Å². The standard InChI is InChI=1S/C40H25N3O/c1-3-11-26(12-4-1)34-25-35(27-13-5-2-6-14-27)42-40(41-34)43-36-17-9-7-15-30(36)31-21-19-28(23-37(31)43)29-20-22-33-32-16-8-10-18-38(32)44-39(33)24-29/h1-25H. The molecular weight excluding hydrogens is 538 g/mol. The van der Waals surface area contributed by atoms with Crippen molar-refractivity contribution in [3.05, 3.63) is 152 Å². The van der Waals surface area contributed by atoms with Crippen LogP contribution in [-0.4, -0.2) is 14.5 Å². The van der Waals surface area contributed by atoms with E-state index in [1.807, 2.05) is 48.5 Å². The summed E-state index contributed by atoms with van der Waals surface area (Å²) in [6, 6.07) is 52.5. The fourth-order valence-corrected chi connectivity index (χ4v) is 6.32. The molecule has 0 aliphatic heterocycles. The number of hydrogen-bond donors (Lipinski definition) is 0. The van der Waals surface area contributed by atoms with E-state index in [9.17, 15) is 0 Å². The third kappa shape index (κ3) is 3.92. The van der Waals surface area contributed by atoms with Gasteiger partial charge in [0.25, 0.3) is 0 Å². The summed E-state index contributed by atoms with van der Waals surface area (Å²) < 4.78 is 8.43. The maximum Gasteiger partial charge on any atom is 0.235 e. The Balaban J connectivity index is 1.29. The van der Waals surface area contributed by atoms with Gasteiger partial charge in [-0.2, -0.15) is 0 Å². The molecule has 206 valence electrons. The molecule has 9 rings (SSSR count). The van der Waals surface area contributed by atoms with E-state index in [4.69, 9.17) is 14.4 Å². The van der Waals surface area contributed by atoms with Crippen LogP contribution < -0.4 is 0 Å². The number of rotatable bonds is 4. The number of hydrogen-bond acceptors (Lipinski definition) is 3. The maximum atomic E-state index is 6.23. The molecule has 0 radical (unpaired) electrons. The molecule has 4 nitrogen and oxygen atoms in total. The number of para-hydroxylation sites is 2. The minimum absolute atomic E-state index is 0.640. The van der Waals surface area contributed by atoms with E-state index in [1.54, 1.807) is 0 Å². The largest absolute Gasteiger partial charge is 0.456 e. The molecule has 9 aromatic rings. The van der Waals surface area contributed by atoms with Crippen molar-refractivity contribution in [2.24, 2.45) is 0 Å². The number of aromatic nitrogens is 3. The second kappa shape index (κ2) is 9.79. The van der Waals surface area contributed by atoms with Gasteiger partial charge in [0.15, 0.2) is 0 Å². The van der Waals surface area contributed by atoms with Gasteiger partial charge in [0, 0.05) is 32.7 Å². The molecule has 44 heavy (non-hydrogen) atoms. The topological polar surface area (TPSA) is 43.9 Å². The molecule has 0 bridgehead atoms. The van der Waals surface area contributed by atoms with E-state index in [0.29, 0.717) is 5.95 Å². The first-order valence-electron chi connectivity index (χ1n) is 14.8. The summed E-state index contributed by atoms with van der Waals surface area (Å²) in [4.78, 5) is 10.4. The lowest BCUT2D eigenvalue weighted by atomic mass is 10.0. The predicted octanol–water partition coefficient (Wildman–Crippen LogP) is 10.5. The van der Waals surface area contributed by atoms with Gasteiger partial charge in [-0.25, -0.2) is 9.97 Å². The second-order valence-corrected chi connectivity index (χ2v) is 11.1. The van der Waals surface area contributed by atoms with Crippen LogP contribution in [0.15, 0.2) is 156 Å². The van der Waals surface area contributed by atoms with Gasteiger partial charge in [0.05, 0.1) is 22.4 Å². The van der Waals surface area contributed by atoms with Crippen molar-refractivity contribution < 1.29 is 4.42 Å². The molecule has 6 aromatic carbocycles. The fourth-order valence-electron chi connectivity index (χ4n) is 6.32. The van der Waals surface area contributed by atoms with Crippen molar-refractivity contribution >= 4 is 43.7 Å². The Morgan fingerprint density at radius 1 is 0.386 bits per heavy atom. The minimum Gasteiger partial charge on any atom is -0.456 e. The lowest BCUT2D eigenvalue weighted by Crippen LogP contribution is -2.04. The summed E-state index contributed by atoms with van der Waals surface area (Å²) in [6.07, 6.45) is 0. The van der Waals surface area contributed by atoms with Crippen molar-refractivity contribution in [2.45, 2.75) is 0 Å². The zero-order valence-electron chi connectivity index (χ0n) is 23.7. The monoisotopic (exact) mass is 563 g/mol. The minimum atomic E-state index is 0.640. The highest BCUT2D eigenvalue weighted by Crippen LogP contribution is 2.37. The zero-order chi connectivity index (χ0) is 29.0. The Kier molecular flexibility index (Phi) is 5.47. The normalized spacial score (nSPS) is 11.6. The lowest BCUT2D eigenvalue weighted by molar-refractivity contribution is 0.669. The Labute approximate surface area is 253 Å². The van der Waals surface area contributed by atoms with Crippen LogP contribution in [0.5, 0.6) is 0 Å². The van der Waals surface area contributed by atoms with E-state index in [0.717, 1.165) is 77.4 Å². The van der Waals surface area contributed by atoms with Crippen molar-refractivity contribution in [1.82, 2.24) is 14.5 Å². The second-order valence-electron chi connectivity index (χ2n) is 11.1. The Morgan fingerprint density at radius 3 is 1.66 bits per heavy atom. The molecule has 0 spiro atoms. The molecule has 0 unspecified atom stereocenters. The molecule has 3 aromatic heterocycles. The van der Waals surface area contributed by atoms with Gasteiger partial charge < -0.3 is 4.42 Å². The average molecular weight is 564 g/mol. The summed E-state index contributed by atoms with van der Waals surface area (Å²) in [5.74, 6) is 0.640. The smallest absolute Gasteiger partial charge is 0.235 e. The third-order valence-electron chi connectivity index (χ3n) is 8.44. The summed E-state index contributed by atoms with van der Waals surface area (Å²) in [7, 11) is 0. The average Bonchev–Trinajstić information content (AvgIpc) is 3.64. The molecule has 0 saturated heterocycles. The van der Waals surface area contributed by atoms with E-state index >= 15 is 0 Å². The van der Waals surface area contributed by atoms with Crippen molar-refractivity contribution in [3.8, 4) is 39.6 Å². The predicted molar refractivity (Wildman–Crippen MR) is 180 cm³/mol. The van der Waals surface area contributed by atoms with Crippen molar-refractivity contribution in [1.29, 1.82) is 0 Å². The molecule has 0 saturated carbocycles. The van der Waals surface area contributed by atoms with Gasteiger partial charge in [-0.15, -0.1) is 0 Å². The molecule has 0 aliphatic rings. The van der Waals surface area contributed by atoms with Crippen LogP contribution in [-0.2, 0) is 0 Å². The summed E-state index contributed by atoms with van der Waals surface area (Å²) in [5, 5.41) is 4.58. The van der Waals surface area contributed by atoms with Crippen molar-refractivity contribution in [2.75, 3.05) is 0 Å². The Bertz CT molecular complexity index is 2430. The molecule has 0 amide bonds. The third-order valence-corrected chi connectivity index (χ3v) is 8.44. The van der Waals surface area contributed by atoms with E-state index in [1.165, 1.54) is 0 Å². The van der Waals surface area contributed by atoms with Crippen LogP contribution >= 0.6 is 0 Å². The van der Waals surface area contributed by atoms with Crippen molar-refractivity contribution in [3.63, 3.8) is 0 Å². The molecule has 0 N–H and O–H groups in total. The maximum absolute atomic E-state index is 6.23. The first-order valence-corrected chi connectivity index (χ1v) is 14.8. The summed E-state index contributed by atoms with van der Waals surface area (Å²) >= 11 is 0.